The number of rotatable bonds is 2. The minimum absolute atomic E-state index is 0.293. The molecule has 1 aromatic carbocycles. The maximum atomic E-state index is 11.1. The standard InChI is InChI=1S/C9H10NO3/c1-10(12)9(11)7-3-5-8(13-2)6-4-7/h3-6H,1-2H3/q-1. The Bertz CT molecular complexity index is 292. The van der Waals surface area contributed by atoms with E-state index >= 15 is 0 Å². The molecule has 0 fully saturated rings. The molecule has 0 radical (unpaired) electrons. The van der Waals surface area contributed by atoms with Crippen molar-refractivity contribution in [1.29, 1.82) is 0 Å². The fraction of sp³-hybridized carbons (Fsp3) is 0.222. The summed E-state index contributed by atoms with van der Waals surface area (Å²) in [4.78, 5) is 11.1. The van der Waals surface area contributed by atoms with Gasteiger partial charge in [-0.3, -0.25) is 4.79 Å². The first kappa shape index (κ1) is 9.54. The van der Waals surface area contributed by atoms with Gasteiger partial charge < -0.3 is 15.0 Å². The summed E-state index contributed by atoms with van der Waals surface area (Å²) in [6, 6.07) is 6.37. The van der Waals surface area contributed by atoms with Crippen molar-refractivity contribution in [2.24, 2.45) is 0 Å². The lowest BCUT2D eigenvalue weighted by molar-refractivity contribution is 0.0850. The van der Waals surface area contributed by atoms with E-state index in [0.717, 1.165) is 0 Å². The van der Waals surface area contributed by atoms with Gasteiger partial charge in [-0.25, -0.2) is 0 Å². The molecule has 0 aliphatic carbocycles. The second-order valence-corrected chi connectivity index (χ2v) is 2.53. The molecule has 1 aromatic rings. The average Bonchev–Trinajstić information content (AvgIpc) is 2.17. The van der Waals surface area contributed by atoms with Gasteiger partial charge in [0.05, 0.1) is 7.11 Å². The number of ether oxygens (including phenoxy) is 1. The molecular formula is C9H10NO3-. The van der Waals surface area contributed by atoms with Crippen molar-refractivity contribution in [3.8, 4) is 5.75 Å². The van der Waals surface area contributed by atoms with E-state index in [-0.39, 0.29) is 0 Å². The van der Waals surface area contributed by atoms with Gasteiger partial charge in [0.2, 0.25) is 5.91 Å². The molecule has 0 aromatic heterocycles. The maximum Gasteiger partial charge on any atom is 0.243 e. The number of nitrogens with zero attached hydrogens (tertiary/aromatic N) is 1. The van der Waals surface area contributed by atoms with E-state index in [2.05, 4.69) is 0 Å². The Morgan fingerprint density at radius 2 is 1.92 bits per heavy atom. The lowest BCUT2D eigenvalue weighted by Crippen LogP contribution is -2.19. The first-order chi connectivity index (χ1) is 6.15. The van der Waals surface area contributed by atoms with Crippen molar-refractivity contribution in [2.45, 2.75) is 0 Å². The highest BCUT2D eigenvalue weighted by Crippen LogP contribution is 2.12. The van der Waals surface area contributed by atoms with Crippen LogP contribution in [0.25, 0.3) is 0 Å². The number of hydroxylamine groups is 2. The second kappa shape index (κ2) is 3.91. The maximum absolute atomic E-state index is 11.1. The summed E-state index contributed by atoms with van der Waals surface area (Å²) < 4.78 is 4.91. The summed E-state index contributed by atoms with van der Waals surface area (Å²) in [5.74, 6) is 0.104. The van der Waals surface area contributed by atoms with Crippen LogP contribution in [0, 0.1) is 5.21 Å². The summed E-state index contributed by atoms with van der Waals surface area (Å²) in [6.07, 6.45) is 0. The van der Waals surface area contributed by atoms with E-state index in [9.17, 15) is 10.0 Å². The second-order valence-electron chi connectivity index (χ2n) is 2.53. The third-order valence-electron chi connectivity index (χ3n) is 1.62. The van der Waals surface area contributed by atoms with Gasteiger partial charge in [-0.05, 0) is 31.3 Å². The Balaban J connectivity index is 2.86. The van der Waals surface area contributed by atoms with Crippen LogP contribution in [0.4, 0.5) is 0 Å². The van der Waals surface area contributed by atoms with Crippen LogP contribution < -0.4 is 4.74 Å². The van der Waals surface area contributed by atoms with Crippen molar-refractivity contribution < 1.29 is 9.53 Å². The molecule has 4 heteroatoms. The van der Waals surface area contributed by atoms with E-state index in [1.165, 1.54) is 14.2 Å². The van der Waals surface area contributed by atoms with Gasteiger partial charge in [0.15, 0.2) is 0 Å². The number of carbonyl (C=O) groups excluding carboxylic acids is 1. The van der Waals surface area contributed by atoms with Crippen molar-refractivity contribution in [1.82, 2.24) is 5.06 Å². The molecule has 13 heavy (non-hydrogen) atoms. The number of hydrogen-bond acceptors (Lipinski definition) is 3. The van der Waals surface area contributed by atoms with Crippen LogP contribution in [-0.2, 0) is 0 Å². The highest BCUT2D eigenvalue weighted by atomic mass is 16.5. The van der Waals surface area contributed by atoms with Crippen LogP contribution in [-0.4, -0.2) is 25.1 Å². The zero-order chi connectivity index (χ0) is 9.84. The van der Waals surface area contributed by atoms with Crippen LogP contribution in [0.1, 0.15) is 10.4 Å². The fourth-order valence-corrected chi connectivity index (χ4v) is 0.915. The van der Waals surface area contributed by atoms with Crippen molar-refractivity contribution in [3.63, 3.8) is 0 Å². The molecule has 0 heterocycles. The Hall–Kier alpha value is -1.55. The van der Waals surface area contributed by atoms with Crippen molar-refractivity contribution in [2.75, 3.05) is 14.2 Å². The van der Waals surface area contributed by atoms with E-state index in [4.69, 9.17) is 4.74 Å². The van der Waals surface area contributed by atoms with Gasteiger partial charge in [-0.1, -0.05) is 0 Å². The van der Waals surface area contributed by atoms with E-state index in [1.807, 2.05) is 0 Å². The Labute approximate surface area is 76.3 Å². The summed E-state index contributed by atoms with van der Waals surface area (Å²) in [5.41, 5.74) is 0.360. The molecule has 4 nitrogen and oxygen atoms in total. The fourth-order valence-electron chi connectivity index (χ4n) is 0.915. The highest BCUT2D eigenvalue weighted by molar-refractivity contribution is 5.94. The lowest BCUT2D eigenvalue weighted by atomic mass is 10.2. The zero-order valence-corrected chi connectivity index (χ0v) is 7.48. The predicted molar refractivity (Wildman–Crippen MR) is 48.5 cm³/mol. The predicted octanol–water partition coefficient (Wildman–Crippen LogP) is 1.26. The highest BCUT2D eigenvalue weighted by Gasteiger charge is 2.03. The summed E-state index contributed by atoms with van der Waals surface area (Å²) in [6.45, 7) is 0. The number of benzene rings is 1. The van der Waals surface area contributed by atoms with Gasteiger partial charge in [0.1, 0.15) is 5.75 Å². The molecule has 0 saturated carbocycles. The monoisotopic (exact) mass is 180 g/mol. The summed E-state index contributed by atoms with van der Waals surface area (Å²) in [7, 11) is 2.71. The van der Waals surface area contributed by atoms with Gasteiger partial charge in [-0.15, -0.1) is 0 Å². The Morgan fingerprint density at radius 1 is 1.38 bits per heavy atom. The topological polar surface area (TPSA) is 52.6 Å². The van der Waals surface area contributed by atoms with E-state index in [1.54, 1.807) is 24.3 Å². The average molecular weight is 180 g/mol. The summed E-state index contributed by atoms with van der Waals surface area (Å²) in [5, 5.41) is 10.9. The Kier molecular flexibility index (Phi) is 2.87. The van der Waals surface area contributed by atoms with Gasteiger partial charge >= 0.3 is 0 Å². The molecule has 0 atom stereocenters. The lowest BCUT2D eigenvalue weighted by Gasteiger charge is -2.21. The largest absolute Gasteiger partial charge is 0.756 e. The minimum Gasteiger partial charge on any atom is -0.756 e. The molecule has 0 aliphatic heterocycles. The van der Waals surface area contributed by atoms with E-state index < -0.39 is 5.91 Å². The molecular weight excluding hydrogens is 170 g/mol. The number of methoxy groups -OCH3 is 1. The smallest absolute Gasteiger partial charge is 0.243 e. The number of carbonyl (C=O) groups is 1. The van der Waals surface area contributed by atoms with Crippen LogP contribution in [0.15, 0.2) is 24.3 Å². The van der Waals surface area contributed by atoms with Gasteiger partial charge in [-0.2, -0.15) is 0 Å². The zero-order valence-electron chi connectivity index (χ0n) is 7.48. The third kappa shape index (κ3) is 2.19. The quantitative estimate of drug-likeness (QED) is 0.644. The first-order valence-corrected chi connectivity index (χ1v) is 3.74. The van der Waals surface area contributed by atoms with Crippen molar-refractivity contribution >= 4 is 5.91 Å². The molecule has 1 amide bonds. The normalized spacial score (nSPS) is 9.46. The number of hydrogen-bond donors (Lipinski definition) is 0. The minimum atomic E-state index is -0.553. The Morgan fingerprint density at radius 3 is 2.31 bits per heavy atom. The molecule has 0 saturated heterocycles. The van der Waals surface area contributed by atoms with Gasteiger partial charge in [0.25, 0.3) is 0 Å². The van der Waals surface area contributed by atoms with E-state index in [0.29, 0.717) is 16.4 Å². The number of amides is 1. The molecule has 0 spiro atoms. The van der Waals surface area contributed by atoms with Gasteiger partial charge in [0, 0.05) is 5.56 Å². The van der Waals surface area contributed by atoms with Crippen LogP contribution >= 0.6 is 0 Å². The molecule has 0 aliphatic rings. The molecule has 0 bridgehead atoms. The molecule has 1 rings (SSSR count). The molecule has 0 unspecified atom stereocenters. The first-order valence-electron chi connectivity index (χ1n) is 3.74. The molecule has 0 N–H and O–H groups in total. The van der Waals surface area contributed by atoms with Crippen LogP contribution in [0.5, 0.6) is 5.75 Å². The summed E-state index contributed by atoms with van der Waals surface area (Å²) >= 11 is 0. The third-order valence-corrected chi connectivity index (χ3v) is 1.62. The molecule has 70 valence electrons. The SMILES string of the molecule is COc1ccc(C(=O)N(C)[O-])cc1. The van der Waals surface area contributed by atoms with Crippen LogP contribution in [0.3, 0.4) is 0 Å². The van der Waals surface area contributed by atoms with Crippen molar-refractivity contribution in [3.05, 3.63) is 35.0 Å². The van der Waals surface area contributed by atoms with Crippen LogP contribution in [0.2, 0.25) is 0 Å².